The van der Waals surface area contributed by atoms with Crippen LogP contribution in [0.15, 0.2) is 12.1 Å². The Balaban J connectivity index is 3.05. The molecule has 1 aromatic rings. The lowest BCUT2D eigenvalue weighted by molar-refractivity contribution is 0.324. The third-order valence-corrected chi connectivity index (χ3v) is 2.04. The molecule has 0 spiro atoms. The molecule has 2 N–H and O–H groups in total. The quantitative estimate of drug-likeness (QED) is 0.786. The van der Waals surface area contributed by atoms with Crippen LogP contribution in [0.3, 0.4) is 0 Å². The zero-order valence-electron chi connectivity index (χ0n) is 8.34. The second-order valence-corrected chi connectivity index (χ2v) is 3.04. The van der Waals surface area contributed by atoms with E-state index in [2.05, 4.69) is 0 Å². The first kappa shape index (κ1) is 11.0. The molecule has 0 aliphatic heterocycles. The highest BCUT2D eigenvalue weighted by molar-refractivity contribution is 6.34. The molecule has 0 saturated carbocycles. The second kappa shape index (κ2) is 4.96. The highest BCUT2D eigenvalue weighted by atomic mass is 35.5. The fourth-order valence-electron chi connectivity index (χ4n) is 1.11. The van der Waals surface area contributed by atoms with E-state index in [1.165, 1.54) is 0 Å². The van der Waals surface area contributed by atoms with Crippen molar-refractivity contribution in [3.63, 3.8) is 0 Å². The number of nitrogen functional groups attached to an aromatic ring is 1. The number of hydrogen-bond donors (Lipinski definition) is 1. The molecule has 4 heteroatoms. The van der Waals surface area contributed by atoms with E-state index in [1.54, 1.807) is 12.1 Å². The maximum Gasteiger partial charge on any atom is 0.164 e. The number of rotatable bonds is 4. The minimum absolute atomic E-state index is 0.439. The Morgan fingerprint density at radius 1 is 1.21 bits per heavy atom. The van der Waals surface area contributed by atoms with Crippen molar-refractivity contribution in [1.82, 2.24) is 0 Å². The molecule has 3 nitrogen and oxygen atoms in total. The molecule has 0 atom stereocenters. The van der Waals surface area contributed by atoms with Crippen LogP contribution in [0.5, 0.6) is 11.5 Å². The van der Waals surface area contributed by atoms with E-state index < -0.39 is 0 Å². The van der Waals surface area contributed by atoms with E-state index in [1.807, 2.05) is 13.8 Å². The molecule has 0 aliphatic rings. The summed E-state index contributed by atoms with van der Waals surface area (Å²) in [6, 6.07) is 3.46. The first-order chi connectivity index (χ1) is 6.70. The first-order valence-corrected chi connectivity index (χ1v) is 4.92. The SMILES string of the molecule is CCOc1ccc(N)c(OCC)c1Cl. The standard InChI is InChI=1S/C10H14ClNO2/c1-3-13-8-6-5-7(12)10(9(8)11)14-4-2/h5-6H,3-4,12H2,1-2H3. The van der Waals surface area contributed by atoms with Crippen molar-refractivity contribution < 1.29 is 9.47 Å². The van der Waals surface area contributed by atoms with Crippen molar-refractivity contribution in [2.75, 3.05) is 18.9 Å². The molecule has 0 amide bonds. The molecule has 0 radical (unpaired) electrons. The largest absolute Gasteiger partial charge is 0.492 e. The molecule has 1 rings (SSSR count). The molecule has 78 valence electrons. The Hall–Kier alpha value is -1.09. The summed E-state index contributed by atoms with van der Waals surface area (Å²) in [5.74, 6) is 1.10. The molecule has 0 bridgehead atoms. The lowest BCUT2D eigenvalue weighted by Crippen LogP contribution is -2.00. The highest BCUT2D eigenvalue weighted by Crippen LogP contribution is 2.38. The monoisotopic (exact) mass is 215 g/mol. The van der Waals surface area contributed by atoms with Crippen molar-refractivity contribution in [3.05, 3.63) is 17.2 Å². The Bertz CT molecular complexity index is 315. The molecule has 14 heavy (non-hydrogen) atoms. The summed E-state index contributed by atoms with van der Waals surface area (Å²) >= 11 is 6.04. The molecule has 0 aliphatic carbocycles. The molecular weight excluding hydrogens is 202 g/mol. The van der Waals surface area contributed by atoms with Crippen molar-refractivity contribution in [3.8, 4) is 11.5 Å². The average molecular weight is 216 g/mol. The van der Waals surface area contributed by atoms with E-state index in [0.29, 0.717) is 35.4 Å². The van der Waals surface area contributed by atoms with Gasteiger partial charge in [-0.3, -0.25) is 0 Å². The zero-order chi connectivity index (χ0) is 10.6. The summed E-state index contributed by atoms with van der Waals surface area (Å²) in [7, 11) is 0. The maximum absolute atomic E-state index is 6.04. The van der Waals surface area contributed by atoms with Gasteiger partial charge in [0.15, 0.2) is 5.75 Å². The zero-order valence-corrected chi connectivity index (χ0v) is 9.10. The lowest BCUT2D eigenvalue weighted by Gasteiger charge is -2.12. The van der Waals surface area contributed by atoms with E-state index >= 15 is 0 Å². The average Bonchev–Trinajstić information content (AvgIpc) is 2.17. The van der Waals surface area contributed by atoms with Gasteiger partial charge in [-0.15, -0.1) is 0 Å². The summed E-state index contributed by atoms with van der Waals surface area (Å²) in [6.45, 7) is 4.87. The predicted octanol–water partition coefficient (Wildman–Crippen LogP) is 2.72. The Morgan fingerprint density at radius 2 is 1.86 bits per heavy atom. The van der Waals surface area contributed by atoms with Crippen LogP contribution in [0.2, 0.25) is 5.02 Å². The smallest absolute Gasteiger partial charge is 0.164 e. The van der Waals surface area contributed by atoms with E-state index in [9.17, 15) is 0 Å². The molecule has 0 heterocycles. The van der Waals surface area contributed by atoms with Gasteiger partial charge in [0.1, 0.15) is 10.8 Å². The minimum atomic E-state index is 0.439. The van der Waals surface area contributed by atoms with Crippen LogP contribution >= 0.6 is 11.6 Å². The Labute approximate surface area is 88.8 Å². The van der Waals surface area contributed by atoms with E-state index in [-0.39, 0.29) is 0 Å². The highest BCUT2D eigenvalue weighted by Gasteiger charge is 2.11. The van der Waals surface area contributed by atoms with Crippen molar-refractivity contribution >= 4 is 17.3 Å². The van der Waals surface area contributed by atoms with Gasteiger partial charge in [-0.2, -0.15) is 0 Å². The van der Waals surface area contributed by atoms with Crippen molar-refractivity contribution in [2.24, 2.45) is 0 Å². The number of nitrogens with two attached hydrogens (primary N) is 1. The molecular formula is C10H14ClNO2. The molecule has 0 saturated heterocycles. The fourth-order valence-corrected chi connectivity index (χ4v) is 1.39. The number of anilines is 1. The van der Waals surface area contributed by atoms with Crippen LogP contribution in [0.1, 0.15) is 13.8 Å². The van der Waals surface area contributed by atoms with Gasteiger partial charge in [0.25, 0.3) is 0 Å². The van der Waals surface area contributed by atoms with Gasteiger partial charge in [-0.25, -0.2) is 0 Å². The van der Waals surface area contributed by atoms with Gasteiger partial charge in [0, 0.05) is 0 Å². The molecule has 0 unspecified atom stereocenters. The normalized spacial score (nSPS) is 9.93. The lowest BCUT2D eigenvalue weighted by atomic mass is 10.3. The van der Waals surface area contributed by atoms with Gasteiger partial charge in [0.2, 0.25) is 0 Å². The Morgan fingerprint density at radius 3 is 2.43 bits per heavy atom. The maximum atomic E-state index is 6.04. The van der Waals surface area contributed by atoms with Gasteiger partial charge in [-0.05, 0) is 26.0 Å². The molecule has 0 aromatic heterocycles. The predicted molar refractivity (Wildman–Crippen MR) is 58.2 cm³/mol. The van der Waals surface area contributed by atoms with Crippen LogP contribution in [-0.2, 0) is 0 Å². The number of halogens is 1. The van der Waals surface area contributed by atoms with Gasteiger partial charge >= 0.3 is 0 Å². The fraction of sp³-hybridized carbons (Fsp3) is 0.400. The van der Waals surface area contributed by atoms with Gasteiger partial charge < -0.3 is 15.2 Å². The summed E-state index contributed by atoms with van der Waals surface area (Å²) in [5.41, 5.74) is 6.24. The van der Waals surface area contributed by atoms with Crippen LogP contribution < -0.4 is 15.2 Å². The first-order valence-electron chi connectivity index (χ1n) is 4.54. The van der Waals surface area contributed by atoms with Gasteiger partial charge in [-0.1, -0.05) is 11.6 Å². The molecule has 0 fully saturated rings. The second-order valence-electron chi connectivity index (χ2n) is 2.66. The van der Waals surface area contributed by atoms with Gasteiger partial charge in [0.05, 0.1) is 18.9 Å². The number of ether oxygens (including phenoxy) is 2. The summed E-state index contributed by atoms with van der Waals surface area (Å²) < 4.78 is 10.6. The topological polar surface area (TPSA) is 44.5 Å². The summed E-state index contributed by atoms with van der Waals surface area (Å²) in [5, 5.41) is 0.439. The van der Waals surface area contributed by atoms with E-state index in [4.69, 9.17) is 26.8 Å². The van der Waals surface area contributed by atoms with Crippen molar-refractivity contribution in [1.29, 1.82) is 0 Å². The summed E-state index contributed by atoms with van der Waals surface area (Å²) in [6.07, 6.45) is 0. The third kappa shape index (κ3) is 2.23. The molecule has 1 aromatic carbocycles. The third-order valence-electron chi connectivity index (χ3n) is 1.68. The van der Waals surface area contributed by atoms with Crippen molar-refractivity contribution in [2.45, 2.75) is 13.8 Å². The summed E-state index contributed by atoms with van der Waals surface area (Å²) in [4.78, 5) is 0. The van der Waals surface area contributed by atoms with Crippen LogP contribution in [-0.4, -0.2) is 13.2 Å². The van der Waals surface area contributed by atoms with Crippen LogP contribution in [0, 0.1) is 0 Å². The Kier molecular flexibility index (Phi) is 3.89. The van der Waals surface area contributed by atoms with E-state index in [0.717, 1.165) is 0 Å². The van der Waals surface area contributed by atoms with Crippen LogP contribution in [0.25, 0.3) is 0 Å². The van der Waals surface area contributed by atoms with Crippen LogP contribution in [0.4, 0.5) is 5.69 Å². The minimum Gasteiger partial charge on any atom is -0.492 e. The number of benzene rings is 1. The number of hydrogen-bond acceptors (Lipinski definition) is 3.